The number of nitrogens with one attached hydrogen (secondary N) is 1. The van der Waals surface area contributed by atoms with E-state index in [0.29, 0.717) is 23.5 Å². The molecule has 0 spiro atoms. The van der Waals surface area contributed by atoms with Gasteiger partial charge in [0.1, 0.15) is 0 Å². The van der Waals surface area contributed by atoms with E-state index < -0.39 is 0 Å². The van der Waals surface area contributed by atoms with E-state index in [4.69, 9.17) is 18.0 Å². The fourth-order valence-corrected chi connectivity index (χ4v) is 2.18. The van der Waals surface area contributed by atoms with Crippen molar-refractivity contribution in [3.8, 4) is 0 Å². The average Bonchev–Trinajstić information content (AvgIpc) is 2.23. The first-order valence-corrected chi connectivity index (χ1v) is 6.53. The zero-order valence-corrected chi connectivity index (χ0v) is 12.0. The van der Waals surface area contributed by atoms with E-state index in [1.165, 1.54) is 0 Å². The minimum absolute atomic E-state index is 0.0835. The molecule has 1 rings (SSSR count). The van der Waals surface area contributed by atoms with Crippen LogP contribution in [-0.2, 0) is 0 Å². The molecule has 0 saturated heterocycles. The number of benzene rings is 1. The molecule has 3 N–H and O–H groups in total. The Bertz CT molecular complexity index is 435. The second-order valence-corrected chi connectivity index (χ2v) is 5.19. The van der Waals surface area contributed by atoms with Gasteiger partial charge in [0.2, 0.25) is 0 Å². The smallest absolute Gasteiger partial charge is 0.252 e. The summed E-state index contributed by atoms with van der Waals surface area (Å²) >= 11 is 8.14. The van der Waals surface area contributed by atoms with Crippen LogP contribution in [0.1, 0.15) is 28.8 Å². The van der Waals surface area contributed by atoms with Crippen molar-refractivity contribution in [1.29, 1.82) is 0 Å². The quantitative estimate of drug-likeness (QED) is 0.648. The maximum atomic E-state index is 11.8. The van der Waals surface area contributed by atoms with Gasteiger partial charge < -0.3 is 11.1 Å². The van der Waals surface area contributed by atoms with E-state index in [1.807, 2.05) is 25.1 Å². The van der Waals surface area contributed by atoms with Crippen molar-refractivity contribution in [2.75, 3.05) is 6.54 Å². The van der Waals surface area contributed by atoms with Gasteiger partial charge in [-0.3, -0.25) is 4.79 Å². The number of rotatable bonds is 5. The largest absolute Gasteiger partial charge is 0.393 e. The fraction of sp³-hybridized carbons (Fsp3) is 0.333. The van der Waals surface area contributed by atoms with Gasteiger partial charge in [-0.05, 0) is 53.4 Å². The first kappa shape index (κ1) is 14.1. The molecule has 0 aliphatic rings. The molecule has 0 bridgehead atoms. The van der Waals surface area contributed by atoms with E-state index in [0.717, 1.165) is 16.5 Å². The molecule has 1 aromatic rings. The second-order valence-electron chi connectivity index (χ2n) is 3.81. The number of hydrogen-bond donors (Lipinski definition) is 2. The van der Waals surface area contributed by atoms with Crippen LogP contribution in [0.25, 0.3) is 0 Å². The zero-order chi connectivity index (χ0) is 12.8. The number of amides is 1. The Hall–Kier alpha value is -0.940. The molecule has 0 heterocycles. The average molecular weight is 315 g/mol. The topological polar surface area (TPSA) is 55.1 Å². The van der Waals surface area contributed by atoms with Crippen LogP contribution in [0.2, 0.25) is 0 Å². The number of hydrogen-bond acceptors (Lipinski definition) is 2. The molecule has 5 heteroatoms. The van der Waals surface area contributed by atoms with E-state index in [2.05, 4.69) is 21.2 Å². The number of nitrogens with two attached hydrogens (primary N) is 1. The number of aryl methyl sites for hydroxylation is 1. The molecule has 0 unspecified atom stereocenters. The monoisotopic (exact) mass is 314 g/mol. The number of carbonyl (C=O) groups is 1. The second kappa shape index (κ2) is 6.71. The lowest BCUT2D eigenvalue weighted by atomic mass is 10.1. The van der Waals surface area contributed by atoms with E-state index in [-0.39, 0.29) is 5.91 Å². The lowest BCUT2D eigenvalue weighted by Crippen LogP contribution is -2.25. The highest BCUT2D eigenvalue weighted by Gasteiger charge is 2.08. The third kappa shape index (κ3) is 4.83. The summed E-state index contributed by atoms with van der Waals surface area (Å²) in [6.07, 6.45) is 1.43. The predicted octanol–water partition coefficient (Wildman–Crippen LogP) is 2.55. The van der Waals surface area contributed by atoms with Crippen LogP contribution < -0.4 is 11.1 Å². The first-order chi connectivity index (χ1) is 8.00. The van der Waals surface area contributed by atoms with Crippen molar-refractivity contribution in [2.24, 2.45) is 5.73 Å². The van der Waals surface area contributed by atoms with E-state index >= 15 is 0 Å². The van der Waals surface area contributed by atoms with Crippen molar-refractivity contribution >= 4 is 39.0 Å². The van der Waals surface area contributed by atoms with Gasteiger partial charge >= 0.3 is 0 Å². The van der Waals surface area contributed by atoms with Crippen molar-refractivity contribution < 1.29 is 4.79 Å². The van der Waals surface area contributed by atoms with Gasteiger partial charge in [-0.25, -0.2) is 0 Å². The molecule has 0 aromatic heterocycles. The molecule has 0 atom stereocenters. The maximum absolute atomic E-state index is 11.8. The van der Waals surface area contributed by atoms with Gasteiger partial charge in [-0.15, -0.1) is 0 Å². The third-order valence-corrected chi connectivity index (χ3v) is 3.11. The van der Waals surface area contributed by atoms with Gasteiger partial charge in [-0.2, -0.15) is 0 Å². The van der Waals surface area contributed by atoms with E-state index in [9.17, 15) is 4.79 Å². The Morgan fingerprint density at radius 3 is 2.82 bits per heavy atom. The molecule has 3 nitrogen and oxygen atoms in total. The Kier molecular flexibility index (Phi) is 5.58. The number of thiocarbonyl (C=S) groups is 1. The molecule has 0 aliphatic carbocycles. The zero-order valence-electron chi connectivity index (χ0n) is 9.63. The molecule has 0 aliphatic heterocycles. The van der Waals surface area contributed by atoms with Gasteiger partial charge in [0.15, 0.2) is 0 Å². The molecule has 92 valence electrons. The van der Waals surface area contributed by atoms with Gasteiger partial charge in [0.05, 0.1) is 10.6 Å². The van der Waals surface area contributed by atoms with Crippen molar-refractivity contribution in [3.05, 3.63) is 33.8 Å². The number of halogens is 1. The molecule has 1 amide bonds. The Labute approximate surface area is 115 Å². The molecule has 0 saturated carbocycles. The summed E-state index contributed by atoms with van der Waals surface area (Å²) in [6.45, 7) is 2.56. The summed E-state index contributed by atoms with van der Waals surface area (Å²) < 4.78 is 0.810. The molecule has 0 radical (unpaired) electrons. The minimum Gasteiger partial charge on any atom is -0.393 e. The number of carbonyl (C=O) groups excluding carboxylic acids is 1. The van der Waals surface area contributed by atoms with Gasteiger partial charge in [0.25, 0.3) is 5.91 Å². The minimum atomic E-state index is -0.0835. The van der Waals surface area contributed by atoms with Crippen molar-refractivity contribution in [2.45, 2.75) is 19.8 Å². The summed E-state index contributed by atoms with van der Waals surface area (Å²) in [6, 6.07) is 5.64. The normalized spacial score (nSPS) is 10.0. The molecular formula is C12H15BrN2OS. The Morgan fingerprint density at radius 1 is 1.53 bits per heavy atom. The van der Waals surface area contributed by atoms with Crippen LogP contribution in [0.4, 0.5) is 0 Å². The molecule has 0 fully saturated rings. The Morgan fingerprint density at radius 2 is 2.24 bits per heavy atom. The van der Waals surface area contributed by atoms with Crippen LogP contribution in [0.5, 0.6) is 0 Å². The van der Waals surface area contributed by atoms with Crippen molar-refractivity contribution in [1.82, 2.24) is 5.32 Å². The maximum Gasteiger partial charge on any atom is 0.252 e. The van der Waals surface area contributed by atoms with Crippen LogP contribution in [0.3, 0.4) is 0 Å². The Balaban J connectivity index is 2.50. The molecular weight excluding hydrogens is 300 g/mol. The lowest BCUT2D eigenvalue weighted by molar-refractivity contribution is 0.0952. The molecule has 1 aromatic carbocycles. The SMILES string of the molecule is Cc1ccc(C(=O)NCCCC(N)=S)c(Br)c1. The summed E-state index contributed by atoms with van der Waals surface area (Å²) in [5.41, 5.74) is 7.13. The van der Waals surface area contributed by atoms with Crippen molar-refractivity contribution in [3.63, 3.8) is 0 Å². The standard InChI is InChI=1S/C12H15BrN2OS/c1-8-4-5-9(10(13)7-8)12(16)15-6-2-3-11(14)17/h4-5,7H,2-3,6H2,1H3,(H2,14,17)(H,15,16). The van der Waals surface area contributed by atoms with Crippen LogP contribution >= 0.6 is 28.1 Å². The first-order valence-electron chi connectivity index (χ1n) is 5.33. The summed E-state index contributed by atoms with van der Waals surface area (Å²) in [4.78, 5) is 12.3. The predicted molar refractivity (Wildman–Crippen MR) is 77.2 cm³/mol. The van der Waals surface area contributed by atoms with Crippen LogP contribution in [0, 0.1) is 6.92 Å². The van der Waals surface area contributed by atoms with Gasteiger partial charge in [-0.1, -0.05) is 18.3 Å². The summed E-state index contributed by atoms with van der Waals surface area (Å²) in [5, 5.41) is 2.83. The van der Waals surface area contributed by atoms with Crippen LogP contribution in [-0.4, -0.2) is 17.4 Å². The highest BCUT2D eigenvalue weighted by Crippen LogP contribution is 2.18. The van der Waals surface area contributed by atoms with E-state index in [1.54, 1.807) is 0 Å². The van der Waals surface area contributed by atoms with Gasteiger partial charge in [0, 0.05) is 11.0 Å². The van der Waals surface area contributed by atoms with Crippen LogP contribution in [0.15, 0.2) is 22.7 Å². The fourth-order valence-electron chi connectivity index (χ4n) is 1.36. The highest BCUT2D eigenvalue weighted by atomic mass is 79.9. The molecule has 17 heavy (non-hydrogen) atoms. The summed E-state index contributed by atoms with van der Waals surface area (Å²) in [7, 11) is 0. The highest BCUT2D eigenvalue weighted by molar-refractivity contribution is 9.10. The lowest BCUT2D eigenvalue weighted by Gasteiger charge is -2.07. The summed E-state index contributed by atoms with van der Waals surface area (Å²) in [5.74, 6) is -0.0835. The third-order valence-electron chi connectivity index (χ3n) is 2.25.